The number of thioether (sulfide) groups is 2. The lowest BCUT2D eigenvalue weighted by Crippen LogP contribution is -2.56. The number of rotatable bonds is 38. The summed E-state index contributed by atoms with van der Waals surface area (Å²) < 4.78 is 24.9. The maximum atomic E-state index is 14.3. The Kier molecular flexibility index (Phi) is 27.8. The van der Waals surface area contributed by atoms with Crippen LogP contribution in [0.1, 0.15) is 230 Å². The summed E-state index contributed by atoms with van der Waals surface area (Å²) >= 11 is 4.31. The number of benzene rings is 2. The fourth-order valence-corrected chi connectivity index (χ4v) is 17.6. The lowest BCUT2D eigenvalue weighted by Gasteiger charge is -2.52. The van der Waals surface area contributed by atoms with Crippen LogP contribution in [0.25, 0.3) is 21.8 Å². The van der Waals surface area contributed by atoms with E-state index in [-0.39, 0.29) is 36.4 Å². The van der Waals surface area contributed by atoms with Crippen LogP contribution in [0, 0.1) is 23.7 Å². The zero-order valence-electron chi connectivity index (χ0n) is 53.5. The van der Waals surface area contributed by atoms with Crippen LogP contribution in [0.3, 0.4) is 0 Å². The maximum Gasteiger partial charge on any atom is 0.408 e. The van der Waals surface area contributed by atoms with Crippen LogP contribution >= 0.6 is 23.5 Å². The largest absolute Gasteiger partial charge is 0.497 e. The predicted molar refractivity (Wildman–Crippen MR) is 358 cm³/mol. The van der Waals surface area contributed by atoms with Gasteiger partial charge in [-0.3, -0.25) is 19.8 Å². The Bertz CT molecular complexity index is 2460. The van der Waals surface area contributed by atoms with Crippen LogP contribution in [-0.4, -0.2) is 120 Å². The Morgan fingerprint density at radius 3 is 1.26 bits per heavy atom. The molecule has 2 aromatic heterocycles. The monoisotopic (exact) mass is 1220 g/mol. The predicted octanol–water partition coefficient (Wildman–Crippen LogP) is 17.9. The van der Waals surface area contributed by atoms with Crippen molar-refractivity contribution in [2.75, 3.05) is 63.4 Å². The van der Waals surface area contributed by atoms with Crippen molar-refractivity contribution in [3.8, 4) is 11.5 Å². The van der Waals surface area contributed by atoms with Gasteiger partial charge < -0.3 is 29.6 Å². The summed E-state index contributed by atoms with van der Waals surface area (Å²) in [5.41, 5.74) is 3.69. The molecule has 4 bridgehead atoms. The molecule has 2 unspecified atom stereocenters. The van der Waals surface area contributed by atoms with Gasteiger partial charge in [-0.2, -0.15) is 23.5 Å². The van der Waals surface area contributed by atoms with Crippen molar-refractivity contribution in [2.45, 2.75) is 243 Å². The number of carbonyl (C=O) groups excluding carboxylic acids is 2. The van der Waals surface area contributed by atoms with Crippen molar-refractivity contribution in [3.63, 3.8) is 0 Å². The smallest absolute Gasteiger partial charge is 0.408 e. The van der Waals surface area contributed by atoms with E-state index in [9.17, 15) is 9.59 Å². The molecule has 6 aliphatic heterocycles. The van der Waals surface area contributed by atoms with Crippen molar-refractivity contribution in [2.24, 2.45) is 23.7 Å². The number of hydrogen-bond acceptors (Lipinski definition) is 12. The van der Waals surface area contributed by atoms with Gasteiger partial charge in [0.15, 0.2) is 0 Å². The number of alkyl carbamates (subject to hydrolysis) is 2. The van der Waals surface area contributed by atoms with Gasteiger partial charge in [-0.1, -0.05) is 129 Å². The Labute approximate surface area is 527 Å². The Morgan fingerprint density at radius 1 is 0.512 bits per heavy atom. The minimum Gasteiger partial charge on any atom is -0.497 e. The number of methoxy groups -OCH3 is 2. The van der Waals surface area contributed by atoms with Gasteiger partial charge in [0.25, 0.3) is 0 Å². The summed E-state index contributed by atoms with van der Waals surface area (Å²) in [6.07, 6.45) is 39.5. The van der Waals surface area contributed by atoms with Crippen LogP contribution in [0.4, 0.5) is 9.59 Å². The molecule has 2 aromatic carbocycles. The van der Waals surface area contributed by atoms with Gasteiger partial charge >= 0.3 is 12.2 Å². The summed E-state index contributed by atoms with van der Waals surface area (Å²) in [4.78, 5) is 43.4. The van der Waals surface area contributed by atoms with Gasteiger partial charge in [-0.05, 0) is 185 Å². The van der Waals surface area contributed by atoms with Crippen LogP contribution in [0.5, 0.6) is 11.5 Å². The standard InChI is InChI=1S/C72H110N6O6S2/c1-5-7-9-11-13-15-17-19-21-23-43-85-45-37-55-51-77-41-35-53(55)47-67(77)69(61-33-39-73-65-31-29-59(81-3)49-63(61)65)83-71(79)75-57-25-27-58(28-26-57)76-72(80)84-70(62-34-40-74-66-32-30-60(82-4)50-64(62)66)68-48-54-36-42-78(68)52-56(54)38-46-86-44-24-22-20-18-16-14-12-10-8-6-2/h29-34,39-40,49-50,53-58,67-70H,5-28,35-38,41-48,51-52H2,1-4H3,(H,75,79)(H,76,80)/t53-,54-,55-,56-,57?,58?,67+,68+,69+,70+/m0/s1. The molecule has 12 nitrogen and oxygen atoms in total. The number of piperidine rings is 6. The molecule has 6 saturated heterocycles. The van der Waals surface area contributed by atoms with E-state index in [2.05, 4.69) is 57.8 Å². The summed E-state index contributed by atoms with van der Waals surface area (Å²) in [5, 5.41) is 8.54. The number of amides is 2. The molecule has 4 aromatic rings. The average molecular weight is 1220 g/mol. The highest BCUT2D eigenvalue weighted by Gasteiger charge is 2.47. The van der Waals surface area contributed by atoms with Crippen LogP contribution in [-0.2, 0) is 9.47 Å². The number of hydrogen-bond donors (Lipinski definition) is 2. The van der Waals surface area contributed by atoms with E-state index in [4.69, 9.17) is 28.9 Å². The fraction of sp³-hybridized carbons (Fsp3) is 0.722. The molecule has 86 heavy (non-hydrogen) atoms. The molecule has 11 rings (SSSR count). The number of carbonyl (C=O) groups is 2. The lowest BCUT2D eigenvalue weighted by molar-refractivity contribution is -0.0612. The third kappa shape index (κ3) is 19.5. The number of aromatic nitrogens is 2. The second-order valence-electron chi connectivity index (χ2n) is 26.4. The first-order chi connectivity index (χ1) is 42.3. The summed E-state index contributed by atoms with van der Waals surface area (Å²) in [5.74, 6) is 9.09. The molecule has 7 aliphatic rings. The third-order valence-electron chi connectivity index (χ3n) is 20.5. The highest BCUT2D eigenvalue weighted by molar-refractivity contribution is 7.99. The van der Waals surface area contributed by atoms with Gasteiger partial charge in [0.2, 0.25) is 0 Å². The topological polar surface area (TPSA) is 127 Å². The van der Waals surface area contributed by atoms with Gasteiger partial charge in [0, 0.05) is 59.5 Å². The van der Waals surface area contributed by atoms with E-state index >= 15 is 0 Å². The van der Waals surface area contributed by atoms with E-state index < -0.39 is 12.2 Å². The second-order valence-corrected chi connectivity index (χ2v) is 28.9. The van der Waals surface area contributed by atoms with E-state index in [1.807, 2.05) is 60.9 Å². The SMILES string of the molecule is CCCCCCCCCCCCSCC[C@H]1CN2CC[C@H]1C[C@@H]2[C@H](OC(=O)NC1CCC(NC(=O)O[C@H](c2ccnc3ccc(OC)cc23)[C@H]2C[C@@H]3CCN2C[C@@H]3CCSCCCCCCCCCCCC)CC1)c1ccnc2ccc(OC)cc12. The second kappa shape index (κ2) is 36.0. The van der Waals surface area contributed by atoms with Crippen molar-refractivity contribution in [1.29, 1.82) is 0 Å². The molecule has 8 heterocycles. The van der Waals surface area contributed by atoms with E-state index in [0.29, 0.717) is 23.7 Å². The van der Waals surface area contributed by atoms with Gasteiger partial charge in [-0.15, -0.1) is 0 Å². The normalized spacial score (nSPS) is 25.0. The molecule has 1 saturated carbocycles. The molecule has 14 heteroatoms. The molecule has 0 spiro atoms. The minimum absolute atomic E-state index is 0.0700. The van der Waals surface area contributed by atoms with Crippen molar-refractivity contribution >= 4 is 57.5 Å². The number of nitrogens with zero attached hydrogens (tertiary/aromatic N) is 4. The number of ether oxygens (including phenoxy) is 4. The molecule has 10 atom stereocenters. The number of unbranched alkanes of at least 4 members (excludes halogenated alkanes) is 18. The van der Waals surface area contributed by atoms with Crippen LogP contribution in [0.2, 0.25) is 0 Å². The minimum atomic E-state index is -0.467. The quantitative estimate of drug-likeness (QED) is 0.0415. The highest BCUT2D eigenvalue weighted by atomic mass is 32.2. The van der Waals surface area contributed by atoms with Crippen LogP contribution in [0.15, 0.2) is 60.9 Å². The molecule has 0 radical (unpaired) electrons. The van der Waals surface area contributed by atoms with Gasteiger partial charge in [0.1, 0.15) is 23.7 Å². The Balaban J connectivity index is 0.760. The zero-order chi connectivity index (χ0) is 59.7. The summed E-state index contributed by atoms with van der Waals surface area (Å²) in [6.45, 7) is 8.74. The van der Waals surface area contributed by atoms with Crippen molar-refractivity contribution in [1.82, 2.24) is 30.4 Å². The number of pyridine rings is 2. The maximum absolute atomic E-state index is 14.3. The van der Waals surface area contributed by atoms with Crippen LogP contribution < -0.4 is 20.1 Å². The van der Waals surface area contributed by atoms with E-state index in [0.717, 1.165) is 109 Å². The third-order valence-corrected chi connectivity index (χ3v) is 22.7. The number of fused-ring (bicyclic) bond motifs is 8. The molecular formula is C72H110N6O6S2. The first-order valence-electron chi connectivity index (χ1n) is 34.8. The number of nitrogens with one attached hydrogen (secondary N) is 2. The first kappa shape index (κ1) is 66.4. The van der Waals surface area contributed by atoms with Gasteiger partial charge in [0.05, 0.1) is 37.3 Å². The molecule has 1 aliphatic carbocycles. The molecule has 476 valence electrons. The zero-order valence-corrected chi connectivity index (χ0v) is 55.1. The first-order valence-corrected chi connectivity index (χ1v) is 37.1. The van der Waals surface area contributed by atoms with Crippen molar-refractivity contribution in [3.05, 3.63) is 72.1 Å². The fourth-order valence-electron chi connectivity index (χ4n) is 15.5. The van der Waals surface area contributed by atoms with Gasteiger partial charge in [-0.25, -0.2) is 9.59 Å². The Morgan fingerprint density at radius 2 is 0.895 bits per heavy atom. The molecule has 2 N–H and O–H groups in total. The van der Waals surface area contributed by atoms with E-state index in [1.165, 1.54) is 177 Å². The van der Waals surface area contributed by atoms with Crippen molar-refractivity contribution < 1.29 is 28.5 Å². The highest BCUT2D eigenvalue weighted by Crippen LogP contribution is 2.47. The lowest BCUT2D eigenvalue weighted by atomic mass is 9.72. The average Bonchev–Trinajstić information content (AvgIpc) is 1.23. The molecule has 7 fully saturated rings. The molecular weight excluding hydrogens is 1110 g/mol. The molecule has 2 amide bonds. The Hall–Kier alpha value is -3.98. The summed E-state index contributed by atoms with van der Waals surface area (Å²) in [7, 11) is 3.39. The summed E-state index contributed by atoms with van der Waals surface area (Å²) in [6, 6.07) is 16.1. The van der Waals surface area contributed by atoms with E-state index in [1.54, 1.807) is 14.2 Å².